The number of aliphatic imine (C=N–C) groups is 1. The van der Waals surface area contributed by atoms with Crippen LogP contribution in [-0.4, -0.2) is 74.0 Å². The lowest BCUT2D eigenvalue weighted by Crippen LogP contribution is -2.52. The molecule has 1 heterocycles. The average Bonchev–Trinajstić information content (AvgIpc) is 2.71. The van der Waals surface area contributed by atoms with Gasteiger partial charge in [0.15, 0.2) is 5.96 Å². The van der Waals surface area contributed by atoms with Gasteiger partial charge in [0.2, 0.25) is 5.91 Å². The van der Waals surface area contributed by atoms with Crippen LogP contribution < -0.4 is 10.6 Å². The smallest absolute Gasteiger partial charge is 0.225 e. The SMILES string of the molecule is CCNC(=NCC(C)(C)c1cccc(F)c1)NCCN1CCN(C(=O)C2CCC2)CC1. The van der Waals surface area contributed by atoms with E-state index < -0.39 is 0 Å². The molecule has 0 aromatic heterocycles. The zero-order chi connectivity index (χ0) is 22.3. The molecule has 1 saturated carbocycles. The Bertz CT molecular complexity index is 754. The molecule has 1 amide bonds. The highest BCUT2D eigenvalue weighted by molar-refractivity contribution is 5.80. The number of guanidine groups is 1. The quantitative estimate of drug-likeness (QED) is 0.491. The molecular weight excluding hydrogens is 393 g/mol. The van der Waals surface area contributed by atoms with E-state index in [2.05, 4.69) is 29.4 Å². The van der Waals surface area contributed by atoms with Crippen molar-refractivity contribution in [2.45, 2.75) is 45.4 Å². The summed E-state index contributed by atoms with van der Waals surface area (Å²) in [7, 11) is 0. The van der Waals surface area contributed by atoms with Crippen molar-refractivity contribution >= 4 is 11.9 Å². The number of benzene rings is 1. The summed E-state index contributed by atoms with van der Waals surface area (Å²) < 4.78 is 13.6. The van der Waals surface area contributed by atoms with Gasteiger partial charge in [0, 0.05) is 57.1 Å². The molecule has 2 fully saturated rings. The van der Waals surface area contributed by atoms with Gasteiger partial charge in [-0.3, -0.25) is 14.7 Å². The van der Waals surface area contributed by atoms with Crippen molar-refractivity contribution in [2.75, 3.05) is 52.4 Å². The van der Waals surface area contributed by atoms with E-state index in [0.717, 1.165) is 70.2 Å². The van der Waals surface area contributed by atoms with Gasteiger partial charge in [-0.25, -0.2) is 4.39 Å². The molecule has 1 aliphatic carbocycles. The van der Waals surface area contributed by atoms with E-state index in [1.165, 1.54) is 12.5 Å². The minimum absolute atomic E-state index is 0.214. The average molecular weight is 432 g/mol. The molecule has 2 N–H and O–H groups in total. The van der Waals surface area contributed by atoms with Crippen LogP contribution >= 0.6 is 0 Å². The topological polar surface area (TPSA) is 60.0 Å². The first kappa shape index (κ1) is 23.5. The van der Waals surface area contributed by atoms with E-state index in [1.807, 2.05) is 17.9 Å². The number of carbonyl (C=O) groups is 1. The van der Waals surface area contributed by atoms with Crippen LogP contribution in [0.4, 0.5) is 4.39 Å². The third-order valence-corrected chi connectivity index (χ3v) is 6.44. The Hall–Kier alpha value is -2.15. The third kappa shape index (κ3) is 6.66. The number of carbonyl (C=O) groups excluding carboxylic acids is 1. The normalized spacial score (nSPS) is 18.6. The summed E-state index contributed by atoms with van der Waals surface area (Å²) in [6.45, 7) is 12.8. The van der Waals surface area contributed by atoms with E-state index in [1.54, 1.807) is 12.1 Å². The Morgan fingerprint density at radius 3 is 2.55 bits per heavy atom. The van der Waals surface area contributed by atoms with Gasteiger partial charge in [-0.2, -0.15) is 0 Å². The largest absolute Gasteiger partial charge is 0.357 e. The lowest BCUT2D eigenvalue weighted by Gasteiger charge is -2.38. The van der Waals surface area contributed by atoms with Crippen molar-refractivity contribution < 1.29 is 9.18 Å². The van der Waals surface area contributed by atoms with Crippen molar-refractivity contribution in [3.8, 4) is 0 Å². The second kappa shape index (κ2) is 10.9. The number of halogens is 1. The highest BCUT2D eigenvalue weighted by atomic mass is 19.1. The van der Waals surface area contributed by atoms with Crippen molar-refractivity contribution in [3.05, 3.63) is 35.6 Å². The predicted molar refractivity (Wildman–Crippen MR) is 124 cm³/mol. The molecule has 0 spiro atoms. The Kier molecular flexibility index (Phi) is 8.29. The predicted octanol–water partition coefficient (Wildman–Crippen LogP) is 2.60. The van der Waals surface area contributed by atoms with Crippen LogP contribution in [0, 0.1) is 11.7 Å². The maximum atomic E-state index is 13.6. The summed E-state index contributed by atoms with van der Waals surface area (Å²) in [4.78, 5) is 21.6. The first-order valence-corrected chi connectivity index (χ1v) is 11.7. The van der Waals surface area contributed by atoms with E-state index >= 15 is 0 Å². The number of amides is 1. The third-order valence-electron chi connectivity index (χ3n) is 6.44. The number of nitrogens with one attached hydrogen (secondary N) is 2. The fourth-order valence-corrected chi connectivity index (χ4v) is 4.06. The summed E-state index contributed by atoms with van der Waals surface area (Å²) in [6.07, 6.45) is 3.36. The lowest BCUT2D eigenvalue weighted by molar-refractivity contribution is -0.139. The highest BCUT2D eigenvalue weighted by Gasteiger charge is 2.31. The van der Waals surface area contributed by atoms with E-state index in [9.17, 15) is 9.18 Å². The van der Waals surface area contributed by atoms with Gasteiger partial charge in [-0.15, -0.1) is 0 Å². The summed E-state index contributed by atoms with van der Waals surface area (Å²) >= 11 is 0. The van der Waals surface area contributed by atoms with E-state index in [4.69, 9.17) is 4.99 Å². The Morgan fingerprint density at radius 1 is 1.19 bits per heavy atom. The van der Waals surface area contributed by atoms with Gasteiger partial charge in [0.05, 0.1) is 6.54 Å². The highest BCUT2D eigenvalue weighted by Crippen LogP contribution is 2.28. The van der Waals surface area contributed by atoms with Crippen LogP contribution in [0.3, 0.4) is 0 Å². The lowest BCUT2D eigenvalue weighted by atomic mass is 9.84. The fourth-order valence-electron chi connectivity index (χ4n) is 4.06. The molecule has 0 radical (unpaired) electrons. The van der Waals surface area contributed by atoms with Gasteiger partial charge >= 0.3 is 0 Å². The first-order valence-electron chi connectivity index (χ1n) is 11.7. The zero-order valence-corrected chi connectivity index (χ0v) is 19.3. The molecule has 6 nitrogen and oxygen atoms in total. The second-order valence-electron chi connectivity index (χ2n) is 9.31. The van der Waals surface area contributed by atoms with Crippen LogP contribution in [0.25, 0.3) is 0 Å². The first-order chi connectivity index (χ1) is 14.9. The number of piperazine rings is 1. The fraction of sp³-hybridized carbons (Fsp3) is 0.667. The molecule has 0 unspecified atom stereocenters. The van der Waals surface area contributed by atoms with Crippen LogP contribution in [0.15, 0.2) is 29.3 Å². The van der Waals surface area contributed by atoms with Crippen molar-refractivity contribution in [2.24, 2.45) is 10.9 Å². The zero-order valence-electron chi connectivity index (χ0n) is 19.3. The Labute approximate surface area is 186 Å². The van der Waals surface area contributed by atoms with Gasteiger partial charge in [0.25, 0.3) is 0 Å². The number of hydrogen-bond donors (Lipinski definition) is 2. The minimum Gasteiger partial charge on any atom is -0.357 e. The standard InChI is InChI=1S/C24H38FN5O/c1-4-26-23(28-18-24(2,3)20-9-6-10-21(25)17-20)27-11-12-29-13-15-30(16-14-29)22(31)19-7-5-8-19/h6,9-10,17,19H,4-5,7-8,11-16,18H2,1-3H3,(H2,26,27,28). The maximum absolute atomic E-state index is 13.6. The van der Waals surface area contributed by atoms with Crippen molar-refractivity contribution in [1.82, 2.24) is 20.4 Å². The van der Waals surface area contributed by atoms with Crippen LogP contribution in [0.1, 0.15) is 45.6 Å². The number of rotatable bonds is 8. The van der Waals surface area contributed by atoms with Gasteiger partial charge in [0.1, 0.15) is 5.82 Å². The Morgan fingerprint density at radius 2 is 1.94 bits per heavy atom. The van der Waals surface area contributed by atoms with Crippen molar-refractivity contribution in [1.29, 1.82) is 0 Å². The molecule has 1 aliphatic heterocycles. The minimum atomic E-state index is -0.256. The molecule has 0 atom stereocenters. The molecule has 2 aliphatic rings. The summed E-state index contributed by atoms with van der Waals surface area (Å²) in [5, 5.41) is 6.71. The maximum Gasteiger partial charge on any atom is 0.225 e. The summed E-state index contributed by atoms with van der Waals surface area (Å²) in [6, 6.07) is 6.76. The molecule has 0 bridgehead atoms. The van der Waals surface area contributed by atoms with Crippen molar-refractivity contribution in [3.63, 3.8) is 0 Å². The van der Waals surface area contributed by atoms with Gasteiger partial charge in [-0.05, 0) is 37.5 Å². The molecule has 31 heavy (non-hydrogen) atoms. The van der Waals surface area contributed by atoms with Crippen LogP contribution in [0.5, 0.6) is 0 Å². The molecule has 3 rings (SSSR count). The molecular formula is C24H38FN5O. The summed E-state index contributed by atoms with van der Waals surface area (Å²) in [5.74, 6) is 1.23. The van der Waals surface area contributed by atoms with Crippen LogP contribution in [0.2, 0.25) is 0 Å². The van der Waals surface area contributed by atoms with E-state index in [0.29, 0.717) is 18.4 Å². The van der Waals surface area contributed by atoms with Gasteiger partial charge in [-0.1, -0.05) is 32.4 Å². The molecule has 1 saturated heterocycles. The van der Waals surface area contributed by atoms with E-state index in [-0.39, 0.29) is 11.2 Å². The molecule has 1 aromatic rings. The number of nitrogens with zero attached hydrogens (tertiary/aromatic N) is 3. The monoisotopic (exact) mass is 431 g/mol. The second-order valence-corrected chi connectivity index (χ2v) is 9.31. The Balaban J connectivity index is 1.43. The molecule has 172 valence electrons. The molecule has 7 heteroatoms. The molecule has 1 aromatic carbocycles. The number of hydrogen-bond acceptors (Lipinski definition) is 3. The van der Waals surface area contributed by atoms with Gasteiger partial charge < -0.3 is 15.5 Å². The summed E-state index contributed by atoms with van der Waals surface area (Å²) in [5.41, 5.74) is 0.690. The van der Waals surface area contributed by atoms with Crippen LogP contribution in [-0.2, 0) is 10.2 Å².